The fourth-order valence-corrected chi connectivity index (χ4v) is 3.81. The Morgan fingerprint density at radius 2 is 1.07 bits per heavy atom. The molecule has 2 atom stereocenters. The van der Waals surface area contributed by atoms with Crippen LogP contribution in [0.5, 0.6) is 0 Å². The summed E-state index contributed by atoms with van der Waals surface area (Å²) in [5.41, 5.74) is -3.14. The van der Waals surface area contributed by atoms with Crippen LogP contribution in [0.4, 0.5) is 4.39 Å². The van der Waals surface area contributed by atoms with Gasteiger partial charge in [0.1, 0.15) is 12.2 Å². The second-order valence-corrected chi connectivity index (χ2v) is 7.02. The largest absolute Gasteiger partial charge is 0.479 e. The lowest BCUT2D eigenvalue weighted by molar-refractivity contribution is -0.174. The number of benzene rings is 4. The molecule has 4 aromatic rings. The zero-order chi connectivity index (χ0) is 20.6. The van der Waals surface area contributed by atoms with Gasteiger partial charge >= 0.3 is 5.97 Å². The molecule has 5 heteroatoms. The van der Waals surface area contributed by atoms with Gasteiger partial charge < -0.3 is 15.3 Å². The van der Waals surface area contributed by atoms with Crippen molar-refractivity contribution >= 4 is 27.5 Å². The molecule has 0 radical (unpaired) electrons. The number of carboxylic acids is 1. The van der Waals surface area contributed by atoms with Crippen LogP contribution in [0.1, 0.15) is 23.3 Å². The number of rotatable bonds is 5. The lowest BCUT2D eigenvalue weighted by atomic mass is 9.81. The van der Waals surface area contributed by atoms with Crippen LogP contribution in [-0.4, -0.2) is 27.0 Å². The minimum atomic E-state index is -3.35. The highest BCUT2D eigenvalue weighted by Crippen LogP contribution is 2.44. The summed E-state index contributed by atoms with van der Waals surface area (Å²) >= 11 is 0. The van der Waals surface area contributed by atoms with E-state index in [0.29, 0.717) is 10.8 Å². The van der Waals surface area contributed by atoms with Crippen LogP contribution < -0.4 is 0 Å². The van der Waals surface area contributed by atoms with E-state index in [1.165, 1.54) is 12.1 Å². The number of hydrogen-bond donors (Lipinski definition) is 3. The molecule has 4 aromatic carbocycles. The van der Waals surface area contributed by atoms with Gasteiger partial charge in [-0.2, -0.15) is 0 Å². The van der Waals surface area contributed by atoms with E-state index < -0.39 is 23.8 Å². The van der Waals surface area contributed by atoms with E-state index in [4.69, 9.17) is 0 Å². The van der Waals surface area contributed by atoms with E-state index in [-0.39, 0.29) is 11.1 Å². The first-order chi connectivity index (χ1) is 13.9. The average Bonchev–Trinajstić information content (AvgIpc) is 2.76. The maximum atomic E-state index is 16.0. The lowest BCUT2D eigenvalue weighted by Crippen LogP contribution is -2.46. The van der Waals surface area contributed by atoms with Gasteiger partial charge in [-0.3, -0.25) is 0 Å². The molecule has 3 N–H and O–H groups in total. The van der Waals surface area contributed by atoms with Crippen LogP contribution >= 0.6 is 0 Å². The summed E-state index contributed by atoms with van der Waals surface area (Å²) in [6.07, 6.45) is -4.17. The van der Waals surface area contributed by atoms with Crippen LogP contribution in [0.2, 0.25) is 0 Å². The summed E-state index contributed by atoms with van der Waals surface area (Å²) in [6, 6.07) is 23.7. The third-order valence-corrected chi connectivity index (χ3v) is 5.36. The summed E-state index contributed by atoms with van der Waals surface area (Å²) in [6.45, 7) is 0. The molecular weight excluding hydrogens is 371 g/mol. The third kappa shape index (κ3) is 3.05. The van der Waals surface area contributed by atoms with Crippen LogP contribution in [0.3, 0.4) is 0 Å². The molecule has 0 amide bonds. The van der Waals surface area contributed by atoms with Crippen molar-refractivity contribution in [2.24, 2.45) is 0 Å². The number of alkyl halides is 1. The van der Waals surface area contributed by atoms with Gasteiger partial charge in [0.25, 0.3) is 5.67 Å². The van der Waals surface area contributed by atoms with Gasteiger partial charge in [-0.1, -0.05) is 84.9 Å². The number of halogens is 1. The molecule has 4 nitrogen and oxygen atoms in total. The first-order valence-electron chi connectivity index (χ1n) is 9.18. The molecule has 0 fully saturated rings. The van der Waals surface area contributed by atoms with E-state index in [9.17, 15) is 20.1 Å². The molecule has 0 heterocycles. The summed E-state index contributed by atoms with van der Waals surface area (Å²) in [4.78, 5) is 12.0. The Hall–Kier alpha value is -3.28. The molecule has 4 rings (SSSR count). The highest BCUT2D eigenvalue weighted by molar-refractivity contribution is 5.90. The van der Waals surface area contributed by atoms with Gasteiger partial charge in [0.05, 0.1) is 0 Å². The van der Waals surface area contributed by atoms with Crippen LogP contribution in [0, 0.1) is 0 Å². The predicted molar refractivity (Wildman–Crippen MR) is 109 cm³/mol. The Balaban J connectivity index is 1.88. The Morgan fingerprint density at radius 1 is 0.690 bits per heavy atom. The van der Waals surface area contributed by atoms with Crippen LogP contribution in [-0.2, 0) is 4.79 Å². The standard InChI is InChI=1S/C24H19FO4/c25-24(23(28)29,21(26)19-13-5-9-15-7-1-3-11-17(15)19)22(27)20-14-6-10-16-8-2-4-12-18(16)20/h1-14,21-22,26-27H,(H,28,29). The zero-order valence-electron chi connectivity index (χ0n) is 15.4. The topological polar surface area (TPSA) is 77.8 Å². The van der Waals surface area contributed by atoms with Crippen molar-refractivity contribution < 1.29 is 24.5 Å². The summed E-state index contributed by atoms with van der Waals surface area (Å²) < 4.78 is 16.0. The Labute approximate surface area is 166 Å². The number of aliphatic carboxylic acids is 1. The monoisotopic (exact) mass is 390 g/mol. The highest BCUT2D eigenvalue weighted by atomic mass is 19.1. The molecule has 146 valence electrons. The number of aliphatic hydroxyl groups is 2. The van der Waals surface area contributed by atoms with Gasteiger partial charge in [-0.25, -0.2) is 9.18 Å². The van der Waals surface area contributed by atoms with E-state index in [1.807, 2.05) is 0 Å². The van der Waals surface area contributed by atoms with E-state index in [0.717, 1.165) is 10.8 Å². The van der Waals surface area contributed by atoms with Crippen molar-refractivity contribution in [1.29, 1.82) is 0 Å². The highest BCUT2D eigenvalue weighted by Gasteiger charge is 2.54. The summed E-state index contributed by atoms with van der Waals surface area (Å²) in [5, 5.41) is 34.1. The smallest absolute Gasteiger partial charge is 0.347 e. The zero-order valence-corrected chi connectivity index (χ0v) is 15.4. The minimum Gasteiger partial charge on any atom is -0.479 e. The number of fused-ring (bicyclic) bond motifs is 2. The summed E-state index contributed by atoms with van der Waals surface area (Å²) in [5.74, 6) is -1.93. The Bertz CT molecular complexity index is 1110. The van der Waals surface area contributed by atoms with Gasteiger partial charge in [0.15, 0.2) is 0 Å². The van der Waals surface area contributed by atoms with Crippen LogP contribution in [0.25, 0.3) is 21.5 Å². The molecule has 0 saturated heterocycles. The second kappa shape index (κ2) is 7.28. The maximum absolute atomic E-state index is 16.0. The molecule has 0 aliphatic rings. The van der Waals surface area contributed by atoms with E-state index >= 15 is 4.39 Å². The van der Waals surface area contributed by atoms with Crippen LogP contribution in [0.15, 0.2) is 84.9 Å². The Morgan fingerprint density at radius 3 is 1.48 bits per heavy atom. The molecular formula is C24H19FO4. The predicted octanol–water partition coefficient (Wildman–Crippen LogP) is 4.55. The molecule has 0 aromatic heterocycles. The number of hydrogen-bond acceptors (Lipinski definition) is 3. The van der Waals surface area contributed by atoms with Crippen molar-refractivity contribution in [3.05, 3.63) is 96.1 Å². The molecule has 0 saturated carbocycles. The quantitative estimate of drug-likeness (QED) is 0.467. The fraction of sp³-hybridized carbons (Fsp3) is 0.125. The Kier molecular flexibility index (Phi) is 4.78. The number of carbonyl (C=O) groups is 1. The van der Waals surface area contributed by atoms with Crippen molar-refractivity contribution in [2.45, 2.75) is 17.9 Å². The van der Waals surface area contributed by atoms with Crippen molar-refractivity contribution in [3.8, 4) is 0 Å². The van der Waals surface area contributed by atoms with Gasteiger partial charge in [0.2, 0.25) is 0 Å². The molecule has 0 spiro atoms. The van der Waals surface area contributed by atoms with Crippen molar-refractivity contribution in [2.75, 3.05) is 0 Å². The second-order valence-electron chi connectivity index (χ2n) is 7.02. The van der Waals surface area contributed by atoms with Gasteiger partial charge in [-0.15, -0.1) is 0 Å². The first kappa shape index (κ1) is 19.1. The lowest BCUT2D eigenvalue weighted by Gasteiger charge is -2.32. The van der Waals surface area contributed by atoms with Gasteiger partial charge in [0, 0.05) is 0 Å². The van der Waals surface area contributed by atoms with E-state index in [2.05, 4.69) is 0 Å². The normalized spacial score (nSPS) is 15.7. The summed E-state index contributed by atoms with van der Waals surface area (Å²) in [7, 11) is 0. The van der Waals surface area contributed by atoms with Crippen molar-refractivity contribution in [3.63, 3.8) is 0 Å². The SMILES string of the molecule is O=C(O)C(F)(C(O)c1cccc2ccccc12)C(O)c1cccc2ccccc12. The number of aliphatic hydroxyl groups excluding tert-OH is 2. The fourth-order valence-electron chi connectivity index (χ4n) is 3.81. The van der Waals surface area contributed by atoms with Crippen molar-refractivity contribution in [1.82, 2.24) is 0 Å². The molecule has 0 bridgehead atoms. The molecule has 0 aliphatic heterocycles. The number of carboxylic acid groups (broad SMARTS) is 1. The van der Waals surface area contributed by atoms with Gasteiger partial charge in [-0.05, 0) is 32.7 Å². The molecule has 2 unspecified atom stereocenters. The molecule has 0 aliphatic carbocycles. The van der Waals surface area contributed by atoms with E-state index in [1.54, 1.807) is 72.8 Å². The molecule has 29 heavy (non-hydrogen) atoms. The minimum absolute atomic E-state index is 0.104. The third-order valence-electron chi connectivity index (χ3n) is 5.36. The maximum Gasteiger partial charge on any atom is 0.347 e. The average molecular weight is 390 g/mol. The first-order valence-corrected chi connectivity index (χ1v) is 9.18.